The van der Waals surface area contributed by atoms with Crippen molar-refractivity contribution >= 4 is 23.2 Å². The average molecular weight is 231 g/mol. The fourth-order valence-corrected chi connectivity index (χ4v) is 1.29. The summed E-state index contributed by atoms with van der Waals surface area (Å²) in [7, 11) is 0. The van der Waals surface area contributed by atoms with Gasteiger partial charge in [0.25, 0.3) is 0 Å². The van der Waals surface area contributed by atoms with E-state index in [4.69, 9.17) is 17.3 Å². The summed E-state index contributed by atoms with van der Waals surface area (Å²) in [6.07, 6.45) is 0.832. The van der Waals surface area contributed by atoms with Gasteiger partial charge in [-0.05, 0) is 25.1 Å². The minimum Gasteiger partial charge on any atom is -0.330 e. The van der Waals surface area contributed by atoms with E-state index in [9.17, 15) is 9.18 Å². The van der Waals surface area contributed by atoms with Gasteiger partial charge >= 0.3 is 0 Å². The number of carbonyl (C=O) groups is 1. The monoisotopic (exact) mass is 230 g/mol. The lowest BCUT2D eigenvalue weighted by Gasteiger charge is -2.07. The van der Waals surface area contributed by atoms with Crippen LogP contribution < -0.4 is 11.1 Å². The van der Waals surface area contributed by atoms with Crippen LogP contribution in [0.4, 0.5) is 10.1 Å². The Labute approximate surface area is 92.4 Å². The van der Waals surface area contributed by atoms with Gasteiger partial charge in [-0.3, -0.25) is 4.79 Å². The lowest BCUT2D eigenvalue weighted by atomic mass is 10.2. The molecule has 0 aliphatic rings. The van der Waals surface area contributed by atoms with Gasteiger partial charge < -0.3 is 11.1 Å². The molecular formula is C10H12ClFN2O. The SMILES string of the molecule is NCCCC(=O)Nc1c(F)cccc1Cl. The molecule has 0 heterocycles. The molecule has 0 aliphatic heterocycles. The third kappa shape index (κ3) is 3.49. The lowest BCUT2D eigenvalue weighted by molar-refractivity contribution is -0.116. The number of anilines is 1. The molecule has 0 saturated heterocycles. The van der Waals surface area contributed by atoms with Crippen molar-refractivity contribution in [2.24, 2.45) is 5.73 Å². The third-order valence-electron chi connectivity index (χ3n) is 1.84. The Morgan fingerprint density at radius 1 is 1.53 bits per heavy atom. The van der Waals surface area contributed by atoms with E-state index < -0.39 is 5.82 Å². The second kappa shape index (κ2) is 5.68. The number of benzene rings is 1. The third-order valence-corrected chi connectivity index (χ3v) is 2.15. The average Bonchev–Trinajstić information content (AvgIpc) is 2.21. The van der Waals surface area contributed by atoms with E-state index in [1.807, 2.05) is 0 Å². The van der Waals surface area contributed by atoms with Gasteiger partial charge in [0.15, 0.2) is 0 Å². The standard InChI is InChI=1S/C10H12ClFN2O/c11-7-3-1-4-8(12)10(7)14-9(15)5-2-6-13/h1,3-4H,2,5-6,13H2,(H,14,15). The zero-order chi connectivity index (χ0) is 11.3. The summed E-state index contributed by atoms with van der Waals surface area (Å²) in [6.45, 7) is 0.429. The summed E-state index contributed by atoms with van der Waals surface area (Å²) in [4.78, 5) is 11.3. The van der Waals surface area contributed by atoms with Crippen LogP contribution in [0.1, 0.15) is 12.8 Å². The Balaban J connectivity index is 2.68. The van der Waals surface area contributed by atoms with Gasteiger partial charge in [-0.1, -0.05) is 17.7 Å². The first-order valence-electron chi connectivity index (χ1n) is 4.59. The molecule has 0 radical (unpaired) electrons. The molecule has 0 spiro atoms. The quantitative estimate of drug-likeness (QED) is 0.833. The zero-order valence-corrected chi connectivity index (χ0v) is 8.85. The highest BCUT2D eigenvalue weighted by atomic mass is 35.5. The Morgan fingerprint density at radius 2 is 2.27 bits per heavy atom. The van der Waals surface area contributed by atoms with Crippen LogP contribution in [0.25, 0.3) is 0 Å². The Morgan fingerprint density at radius 3 is 2.87 bits per heavy atom. The molecule has 0 atom stereocenters. The highest BCUT2D eigenvalue weighted by molar-refractivity contribution is 6.33. The minimum absolute atomic E-state index is 0.0289. The zero-order valence-electron chi connectivity index (χ0n) is 8.09. The Bertz CT molecular complexity index is 337. The summed E-state index contributed by atoms with van der Waals surface area (Å²) in [5.41, 5.74) is 5.28. The largest absolute Gasteiger partial charge is 0.330 e. The number of hydrogen-bond donors (Lipinski definition) is 2. The molecule has 0 aliphatic carbocycles. The molecule has 1 amide bonds. The molecule has 0 bridgehead atoms. The number of halogens is 2. The van der Waals surface area contributed by atoms with Crippen LogP contribution in [0.2, 0.25) is 5.02 Å². The van der Waals surface area contributed by atoms with Gasteiger partial charge in [-0.2, -0.15) is 0 Å². The number of para-hydroxylation sites is 1. The first-order chi connectivity index (χ1) is 7.15. The number of rotatable bonds is 4. The fraction of sp³-hybridized carbons (Fsp3) is 0.300. The van der Waals surface area contributed by atoms with Crippen LogP contribution >= 0.6 is 11.6 Å². The van der Waals surface area contributed by atoms with E-state index >= 15 is 0 Å². The van der Waals surface area contributed by atoms with Crippen molar-refractivity contribution in [3.63, 3.8) is 0 Å². The van der Waals surface area contributed by atoms with Crippen molar-refractivity contribution in [2.75, 3.05) is 11.9 Å². The molecule has 0 saturated carbocycles. The molecule has 1 rings (SSSR count). The van der Waals surface area contributed by atoms with Crippen LogP contribution in [0, 0.1) is 5.82 Å². The molecule has 5 heteroatoms. The van der Waals surface area contributed by atoms with Crippen LogP contribution in [0.15, 0.2) is 18.2 Å². The maximum Gasteiger partial charge on any atom is 0.224 e. The van der Waals surface area contributed by atoms with Crippen LogP contribution in [-0.2, 0) is 4.79 Å². The number of nitrogens with two attached hydrogens (primary N) is 1. The van der Waals surface area contributed by atoms with E-state index in [0.717, 1.165) is 0 Å². The second-order valence-corrected chi connectivity index (χ2v) is 3.44. The summed E-state index contributed by atoms with van der Waals surface area (Å²) in [5.74, 6) is -0.823. The molecule has 1 aromatic rings. The summed E-state index contributed by atoms with van der Waals surface area (Å²) in [6, 6.07) is 4.24. The molecule has 1 aromatic carbocycles. The van der Waals surface area contributed by atoms with Crippen LogP contribution in [0.5, 0.6) is 0 Å². The maximum atomic E-state index is 13.2. The van der Waals surface area contributed by atoms with Crippen LogP contribution in [-0.4, -0.2) is 12.5 Å². The molecular weight excluding hydrogens is 219 g/mol. The first-order valence-corrected chi connectivity index (χ1v) is 4.97. The molecule has 0 unspecified atom stereocenters. The Hall–Kier alpha value is -1.13. The normalized spacial score (nSPS) is 10.1. The number of amides is 1. The topological polar surface area (TPSA) is 55.1 Å². The second-order valence-electron chi connectivity index (χ2n) is 3.04. The number of nitrogens with one attached hydrogen (secondary N) is 1. The van der Waals surface area contributed by atoms with Gasteiger partial charge in [0.05, 0.1) is 10.7 Å². The van der Waals surface area contributed by atoms with E-state index in [-0.39, 0.29) is 23.0 Å². The van der Waals surface area contributed by atoms with Crippen molar-refractivity contribution in [1.29, 1.82) is 0 Å². The predicted octanol–water partition coefficient (Wildman–Crippen LogP) is 2.16. The van der Waals surface area contributed by atoms with Crippen molar-refractivity contribution < 1.29 is 9.18 Å². The molecule has 82 valence electrons. The van der Waals surface area contributed by atoms with E-state index in [1.54, 1.807) is 0 Å². The van der Waals surface area contributed by atoms with Crippen molar-refractivity contribution in [2.45, 2.75) is 12.8 Å². The molecule has 0 fully saturated rings. The summed E-state index contributed by atoms with van der Waals surface area (Å²) < 4.78 is 13.2. The number of hydrogen-bond acceptors (Lipinski definition) is 2. The summed E-state index contributed by atoms with van der Waals surface area (Å²) >= 11 is 5.73. The molecule has 15 heavy (non-hydrogen) atoms. The van der Waals surface area contributed by atoms with E-state index in [0.29, 0.717) is 13.0 Å². The first kappa shape index (κ1) is 11.9. The van der Waals surface area contributed by atoms with Gasteiger partial charge in [0.2, 0.25) is 5.91 Å². The molecule has 0 aromatic heterocycles. The Kier molecular flexibility index (Phi) is 4.52. The highest BCUT2D eigenvalue weighted by Gasteiger charge is 2.09. The molecule has 3 nitrogen and oxygen atoms in total. The van der Waals surface area contributed by atoms with E-state index in [2.05, 4.69) is 5.32 Å². The van der Waals surface area contributed by atoms with Gasteiger partial charge in [-0.15, -0.1) is 0 Å². The van der Waals surface area contributed by atoms with Gasteiger partial charge in [0.1, 0.15) is 5.82 Å². The van der Waals surface area contributed by atoms with Gasteiger partial charge in [-0.25, -0.2) is 4.39 Å². The van der Waals surface area contributed by atoms with Gasteiger partial charge in [0, 0.05) is 6.42 Å². The van der Waals surface area contributed by atoms with E-state index in [1.165, 1.54) is 18.2 Å². The minimum atomic E-state index is -0.538. The van der Waals surface area contributed by atoms with Crippen molar-refractivity contribution in [3.05, 3.63) is 29.0 Å². The lowest BCUT2D eigenvalue weighted by Crippen LogP contribution is -2.14. The van der Waals surface area contributed by atoms with Crippen LogP contribution in [0.3, 0.4) is 0 Å². The van der Waals surface area contributed by atoms with Crippen molar-refractivity contribution in [3.8, 4) is 0 Å². The predicted molar refractivity (Wildman–Crippen MR) is 58.3 cm³/mol. The smallest absolute Gasteiger partial charge is 0.224 e. The molecule has 3 N–H and O–H groups in total. The maximum absolute atomic E-state index is 13.2. The van der Waals surface area contributed by atoms with Crippen molar-refractivity contribution in [1.82, 2.24) is 0 Å². The number of carbonyl (C=O) groups excluding carboxylic acids is 1. The summed E-state index contributed by atoms with van der Waals surface area (Å²) in [5, 5.41) is 2.60. The fourth-order valence-electron chi connectivity index (χ4n) is 1.08. The highest BCUT2D eigenvalue weighted by Crippen LogP contribution is 2.24.